The molecule has 0 saturated heterocycles. The molecule has 2 atom stereocenters. The highest BCUT2D eigenvalue weighted by Crippen LogP contribution is 2.17. The van der Waals surface area contributed by atoms with Gasteiger partial charge in [0.1, 0.15) is 0 Å². The number of hydrogen-bond donors (Lipinski definition) is 2. The summed E-state index contributed by atoms with van der Waals surface area (Å²) in [6.07, 6.45) is 0.801. The van der Waals surface area contributed by atoms with Gasteiger partial charge in [-0.3, -0.25) is 0 Å². The summed E-state index contributed by atoms with van der Waals surface area (Å²) in [5.74, 6) is 0. The summed E-state index contributed by atoms with van der Waals surface area (Å²) in [6, 6.07) is 7.26. The molecule has 2 N–H and O–H groups in total. The van der Waals surface area contributed by atoms with Crippen LogP contribution in [0, 0.1) is 13.8 Å². The van der Waals surface area contributed by atoms with Gasteiger partial charge in [0, 0.05) is 18.7 Å². The Hall–Kier alpha value is -0.860. The van der Waals surface area contributed by atoms with E-state index in [1.807, 2.05) is 0 Å². The van der Waals surface area contributed by atoms with Gasteiger partial charge in [-0.2, -0.15) is 0 Å². The van der Waals surface area contributed by atoms with E-state index in [1.54, 1.807) is 0 Å². The molecule has 0 aliphatic carbocycles. The molecule has 0 spiro atoms. The predicted octanol–water partition coefficient (Wildman–Crippen LogP) is 2.72. The molecule has 0 aromatic heterocycles. The standard InChI is InChI=1S/C14H23NO/c1-10-5-6-14(9-11(10)2)13(4)15-12(3)7-8-16/h5-6,9,12-13,15-16H,7-8H2,1-4H3. The molecule has 0 fully saturated rings. The Morgan fingerprint density at radius 3 is 2.44 bits per heavy atom. The highest BCUT2D eigenvalue weighted by molar-refractivity contribution is 5.31. The van der Waals surface area contributed by atoms with E-state index in [9.17, 15) is 0 Å². The average molecular weight is 221 g/mol. The fourth-order valence-electron chi connectivity index (χ4n) is 1.83. The molecule has 2 heteroatoms. The van der Waals surface area contributed by atoms with Gasteiger partial charge in [0.15, 0.2) is 0 Å². The number of rotatable bonds is 5. The lowest BCUT2D eigenvalue weighted by molar-refractivity contribution is 0.264. The third-order valence-electron chi connectivity index (χ3n) is 3.13. The molecular formula is C14H23NO. The van der Waals surface area contributed by atoms with Crippen molar-refractivity contribution in [3.63, 3.8) is 0 Å². The first kappa shape index (κ1) is 13.2. The van der Waals surface area contributed by atoms with E-state index in [1.165, 1.54) is 16.7 Å². The minimum Gasteiger partial charge on any atom is -0.396 e. The van der Waals surface area contributed by atoms with Crippen LogP contribution in [0.15, 0.2) is 18.2 Å². The lowest BCUT2D eigenvalue weighted by Crippen LogP contribution is -2.29. The van der Waals surface area contributed by atoms with E-state index in [0.717, 1.165) is 6.42 Å². The molecule has 16 heavy (non-hydrogen) atoms. The maximum atomic E-state index is 8.86. The molecular weight excluding hydrogens is 198 g/mol. The van der Waals surface area contributed by atoms with Crippen LogP contribution in [0.2, 0.25) is 0 Å². The third kappa shape index (κ3) is 3.62. The molecule has 0 heterocycles. The van der Waals surface area contributed by atoms with Crippen molar-refractivity contribution >= 4 is 0 Å². The molecule has 0 amide bonds. The van der Waals surface area contributed by atoms with Crippen molar-refractivity contribution < 1.29 is 5.11 Å². The number of aliphatic hydroxyl groups excluding tert-OH is 1. The summed E-state index contributed by atoms with van der Waals surface area (Å²) < 4.78 is 0. The van der Waals surface area contributed by atoms with Crippen molar-refractivity contribution in [2.45, 2.75) is 46.2 Å². The topological polar surface area (TPSA) is 32.3 Å². The number of aliphatic hydroxyl groups is 1. The Morgan fingerprint density at radius 2 is 1.88 bits per heavy atom. The second kappa shape index (κ2) is 6.02. The zero-order valence-corrected chi connectivity index (χ0v) is 10.7. The fraction of sp³-hybridized carbons (Fsp3) is 0.571. The number of aryl methyl sites for hydroxylation is 2. The van der Waals surface area contributed by atoms with Crippen LogP contribution < -0.4 is 5.32 Å². The van der Waals surface area contributed by atoms with Gasteiger partial charge in [0.05, 0.1) is 0 Å². The van der Waals surface area contributed by atoms with E-state index >= 15 is 0 Å². The summed E-state index contributed by atoms with van der Waals surface area (Å²) in [7, 11) is 0. The lowest BCUT2D eigenvalue weighted by atomic mass is 10.0. The van der Waals surface area contributed by atoms with Gasteiger partial charge < -0.3 is 10.4 Å². The summed E-state index contributed by atoms with van der Waals surface area (Å²) in [5, 5.41) is 12.3. The van der Waals surface area contributed by atoms with Crippen molar-refractivity contribution in [1.82, 2.24) is 5.32 Å². The van der Waals surface area contributed by atoms with Crippen LogP contribution in [0.1, 0.15) is 43.0 Å². The van der Waals surface area contributed by atoms with Crippen LogP contribution in [0.4, 0.5) is 0 Å². The normalized spacial score (nSPS) is 14.8. The van der Waals surface area contributed by atoms with E-state index in [0.29, 0.717) is 12.1 Å². The van der Waals surface area contributed by atoms with Gasteiger partial charge in [0.25, 0.3) is 0 Å². The van der Waals surface area contributed by atoms with E-state index in [-0.39, 0.29) is 6.61 Å². The summed E-state index contributed by atoms with van der Waals surface area (Å²) in [5.41, 5.74) is 3.98. The maximum Gasteiger partial charge on any atom is 0.0445 e. The maximum absolute atomic E-state index is 8.86. The second-order valence-electron chi connectivity index (χ2n) is 4.65. The summed E-state index contributed by atoms with van der Waals surface area (Å²) in [6.45, 7) is 8.79. The van der Waals surface area contributed by atoms with Gasteiger partial charge in [-0.1, -0.05) is 18.2 Å². The minimum atomic E-state index is 0.244. The largest absolute Gasteiger partial charge is 0.396 e. The van der Waals surface area contributed by atoms with Gasteiger partial charge in [0.2, 0.25) is 0 Å². The quantitative estimate of drug-likeness (QED) is 0.801. The Kier molecular flexibility index (Phi) is 4.97. The van der Waals surface area contributed by atoms with Gasteiger partial charge >= 0.3 is 0 Å². The highest BCUT2D eigenvalue weighted by atomic mass is 16.3. The molecule has 0 aliphatic rings. The van der Waals surface area contributed by atoms with Crippen molar-refractivity contribution in [1.29, 1.82) is 0 Å². The Balaban J connectivity index is 2.65. The lowest BCUT2D eigenvalue weighted by Gasteiger charge is -2.20. The Morgan fingerprint density at radius 1 is 1.19 bits per heavy atom. The van der Waals surface area contributed by atoms with Crippen molar-refractivity contribution in [3.05, 3.63) is 34.9 Å². The predicted molar refractivity (Wildman–Crippen MR) is 68.6 cm³/mol. The highest BCUT2D eigenvalue weighted by Gasteiger charge is 2.09. The van der Waals surface area contributed by atoms with Crippen LogP contribution in [0.3, 0.4) is 0 Å². The van der Waals surface area contributed by atoms with E-state index in [2.05, 4.69) is 51.2 Å². The number of nitrogens with one attached hydrogen (secondary N) is 1. The molecule has 1 rings (SSSR count). The fourth-order valence-corrected chi connectivity index (χ4v) is 1.83. The van der Waals surface area contributed by atoms with Crippen LogP contribution in [-0.2, 0) is 0 Å². The minimum absolute atomic E-state index is 0.244. The van der Waals surface area contributed by atoms with E-state index < -0.39 is 0 Å². The first-order valence-corrected chi connectivity index (χ1v) is 5.98. The SMILES string of the molecule is Cc1ccc(C(C)NC(C)CCO)cc1C. The molecule has 0 bridgehead atoms. The first-order chi connectivity index (χ1) is 7.54. The zero-order valence-electron chi connectivity index (χ0n) is 10.7. The molecule has 90 valence electrons. The van der Waals surface area contributed by atoms with Crippen LogP contribution >= 0.6 is 0 Å². The van der Waals surface area contributed by atoms with Gasteiger partial charge in [-0.25, -0.2) is 0 Å². The summed E-state index contributed by atoms with van der Waals surface area (Å²) in [4.78, 5) is 0. The van der Waals surface area contributed by atoms with Crippen LogP contribution in [0.25, 0.3) is 0 Å². The third-order valence-corrected chi connectivity index (χ3v) is 3.13. The molecule has 0 saturated carbocycles. The summed E-state index contributed by atoms with van der Waals surface area (Å²) >= 11 is 0. The van der Waals surface area contributed by atoms with Crippen molar-refractivity contribution in [2.24, 2.45) is 0 Å². The smallest absolute Gasteiger partial charge is 0.0445 e. The van der Waals surface area contributed by atoms with Gasteiger partial charge in [-0.05, 0) is 50.8 Å². The van der Waals surface area contributed by atoms with Crippen LogP contribution in [0.5, 0.6) is 0 Å². The van der Waals surface area contributed by atoms with Crippen molar-refractivity contribution in [3.8, 4) is 0 Å². The van der Waals surface area contributed by atoms with Gasteiger partial charge in [-0.15, -0.1) is 0 Å². The second-order valence-corrected chi connectivity index (χ2v) is 4.65. The van der Waals surface area contributed by atoms with E-state index in [4.69, 9.17) is 5.11 Å². The Bertz CT molecular complexity index is 336. The van der Waals surface area contributed by atoms with Crippen molar-refractivity contribution in [2.75, 3.05) is 6.61 Å². The molecule has 0 radical (unpaired) electrons. The number of hydrogen-bond acceptors (Lipinski definition) is 2. The molecule has 2 unspecified atom stereocenters. The monoisotopic (exact) mass is 221 g/mol. The first-order valence-electron chi connectivity index (χ1n) is 5.98. The molecule has 1 aromatic rings. The molecule has 1 aromatic carbocycles. The zero-order chi connectivity index (χ0) is 12.1. The molecule has 0 aliphatic heterocycles. The Labute approximate surface area is 98.7 Å². The number of benzene rings is 1. The van der Waals surface area contributed by atoms with Crippen LogP contribution in [-0.4, -0.2) is 17.8 Å². The average Bonchev–Trinajstić information content (AvgIpc) is 2.22. The molecule has 2 nitrogen and oxygen atoms in total.